The Bertz CT molecular complexity index is 645. The van der Waals surface area contributed by atoms with Crippen LogP contribution in [0.3, 0.4) is 0 Å². The molecule has 5 heteroatoms. The highest BCUT2D eigenvalue weighted by Gasteiger charge is 2.19. The van der Waals surface area contributed by atoms with E-state index in [0.717, 1.165) is 51.4 Å². The lowest BCUT2D eigenvalue weighted by Gasteiger charge is -2.22. The van der Waals surface area contributed by atoms with Gasteiger partial charge in [0.15, 0.2) is 5.78 Å². The molecule has 0 bridgehead atoms. The number of allylic oxidation sites excluding steroid dienone is 4. The number of hydrogen-bond acceptors (Lipinski definition) is 4. The summed E-state index contributed by atoms with van der Waals surface area (Å²) in [6, 6.07) is -0.579. The van der Waals surface area contributed by atoms with Gasteiger partial charge in [0.05, 0.1) is 18.8 Å². The largest absolute Gasteiger partial charge is 0.394 e. The zero-order valence-corrected chi connectivity index (χ0v) is 27.1. The van der Waals surface area contributed by atoms with E-state index in [-0.39, 0.29) is 18.3 Å². The summed E-state index contributed by atoms with van der Waals surface area (Å²) in [4.78, 5) is 24.2. The predicted molar refractivity (Wildman–Crippen MR) is 175 cm³/mol. The van der Waals surface area contributed by atoms with Crippen LogP contribution < -0.4 is 5.32 Å². The van der Waals surface area contributed by atoms with Gasteiger partial charge in [-0.3, -0.25) is 9.59 Å². The molecule has 0 aliphatic rings. The Kier molecular flexibility index (Phi) is 30.4. The SMILES string of the molecule is CCCCC/C=C\C=C\C(=O)CCCCCCCC(=O)N[C@@H](CO)[C@H](O)CCCCCCCCCCCCCCC. The summed E-state index contributed by atoms with van der Waals surface area (Å²) in [5.74, 6) is 0.0755. The zero-order chi connectivity index (χ0) is 30.2. The number of unbranched alkanes of at least 4 members (excludes halogenated alkanes) is 19. The fourth-order valence-electron chi connectivity index (χ4n) is 5.16. The molecule has 1 amide bonds. The van der Waals surface area contributed by atoms with E-state index in [2.05, 4.69) is 25.2 Å². The highest BCUT2D eigenvalue weighted by Crippen LogP contribution is 2.14. The summed E-state index contributed by atoms with van der Waals surface area (Å²) >= 11 is 0. The van der Waals surface area contributed by atoms with Crippen LogP contribution in [0.5, 0.6) is 0 Å². The van der Waals surface area contributed by atoms with Crippen molar-refractivity contribution in [3.8, 4) is 0 Å². The average Bonchev–Trinajstić information content (AvgIpc) is 2.97. The molecule has 0 aromatic rings. The highest BCUT2D eigenvalue weighted by atomic mass is 16.3. The van der Waals surface area contributed by atoms with E-state index in [1.165, 1.54) is 89.9 Å². The second kappa shape index (κ2) is 31.5. The molecule has 5 nitrogen and oxygen atoms in total. The molecule has 0 rings (SSSR count). The number of nitrogens with one attached hydrogen (secondary N) is 1. The molecule has 0 spiro atoms. The van der Waals surface area contributed by atoms with Gasteiger partial charge in [-0.25, -0.2) is 0 Å². The van der Waals surface area contributed by atoms with Crippen LogP contribution in [0.1, 0.15) is 174 Å². The molecular weight excluding hydrogens is 510 g/mol. The lowest BCUT2D eigenvalue weighted by molar-refractivity contribution is -0.123. The van der Waals surface area contributed by atoms with Gasteiger partial charge in [0.2, 0.25) is 5.91 Å². The monoisotopic (exact) mass is 578 g/mol. The summed E-state index contributed by atoms with van der Waals surface area (Å²) in [7, 11) is 0. The number of aliphatic hydroxyl groups excluding tert-OH is 2. The minimum absolute atomic E-state index is 0.100. The van der Waals surface area contributed by atoms with Crippen LogP contribution in [-0.2, 0) is 9.59 Å². The third-order valence-electron chi connectivity index (χ3n) is 7.94. The van der Waals surface area contributed by atoms with Crippen LogP contribution >= 0.6 is 0 Å². The van der Waals surface area contributed by atoms with Crippen LogP contribution in [0.25, 0.3) is 0 Å². The maximum atomic E-state index is 12.3. The van der Waals surface area contributed by atoms with E-state index in [0.29, 0.717) is 19.3 Å². The van der Waals surface area contributed by atoms with Crippen molar-refractivity contribution in [1.82, 2.24) is 5.32 Å². The molecule has 0 unspecified atom stereocenters. The van der Waals surface area contributed by atoms with Crippen molar-refractivity contribution < 1.29 is 19.8 Å². The molecule has 0 fully saturated rings. The van der Waals surface area contributed by atoms with Crippen LogP contribution in [0, 0.1) is 0 Å². The van der Waals surface area contributed by atoms with Gasteiger partial charge in [0, 0.05) is 12.8 Å². The van der Waals surface area contributed by atoms with Crippen LogP contribution in [0.2, 0.25) is 0 Å². The molecule has 41 heavy (non-hydrogen) atoms. The first-order valence-electron chi connectivity index (χ1n) is 17.5. The molecule has 0 aliphatic heterocycles. The van der Waals surface area contributed by atoms with Gasteiger partial charge in [-0.15, -0.1) is 0 Å². The number of hydrogen-bond donors (Lipinski definition) is 3. The normalized spacial score (nSPS) is 13.3. The Balaban J connectivity index is 3.70. The summed E-state index contributed by atoms with van der Waals surface area (Å²) in [6.07, 6.45) is 34.6. The Labute approximate surface area is 254 Å². The second-order valence-electron chi connectivity index (χ2n) is 12.0. The maximum Gasteiger partial charge on any atom is 0.220 e. The summed E-state index contributed by atoms with van der Waals surface area (Å²) in [5.41, 5.74) is 0. The van der Waals surface area contributed by atoms with Crippen molar-refractivity contribution in [3.05, 3.63) is 24.3 Å². The van der Waals surface area contributed by atoms with E-state index in [9.17, 15) is 19.8 Å². The molecule has 0 saturated carbocycles. The summed E-state index contributed by atoms with van der Waals surface area (Å²) < 4.78 is 0. The number of carbonyl (C=O) groups is 2. The van der Waals surface area contributed by atoms with Gasteiger partial charge in [0.25, 0.3) is 0 Å². The van der Waals surface area contributed by atoms with Crippen molar-refractivity contribution >= 4 is 11.7 Å². The minimum Gasteiger partial charge on any atom is -0.394 e. The van der Waals surface area contributed by atoms with E-state index in [1.54, 1.807) is 6.08 Å². The van der Waals surface area contributed by atoms with Gasteiger partial charge in [-0.05, 0) is 38.2 Å². The molecule has 0 saturated heterocycles. The van der Waals surface area contributed by atoms with E-state index >= 15 is 0 Å². The van der Waals surface area contributed by atoms with Gasteiger partial charge in [-0.1, -0.05) is 148 Å². The number of rotatable bonds is 31. The number of amides is 1. The molecule has 0 aliphatic carbocycles. The van der Waals surface area contributed by atoms with Crippen molar-refractivity contribution in [2.24, 2.45) is 0 Å². The van der Waals surface area contributed by atoms with E-state index in [1.807, 2.05) is 12.2 Å². The topological polar surface area (TPSA) is 86.6 Å². The Hall–Kier alpha value is -1.46. The first kappa shape index (κ1) is 39.5. The van der Waals surface area contributed by atoms with Crippen molar-refractivity contribution in [2.75, 3.05) is 6.61 Å². The summed E-state index contributed by atoms with van der Waals surface area (Å²) in [6.45, 7) is 4.22. The summed E-state index contributed by atoms with van der Waals surface area (Å²) in [5, 5.41) is 22.9. The molecule has 0 aromatic heterocycles. The number of ketones is 1. The third kappa shape index (κ3) is 28.4. The predicted octanol–water partition coefficient (Wildman–Crippen LogP) is 9.30. The molecular formula is C36H67NO4. The van der Waals surface area contributed by atoms with Crippen LogP contribution in [0.4, 0.5) is 0 Å². The molecule has 2 atom stereocenters. The van der Waals surface area contributed by atoms with E-state index < -0.39 is 12.1 Å². The van der Waals surface area contributed by atoms with Gasteiger partial charge in [0.1, 0.15) is 0 Å². The third-order valence-corrected chi connectivity index (χ3v) is 7.94. The number of aliphatic hydroxyl groups is 2. The Morgan fingerprint density at radius 1 is 0.634 bits per heavy atom. The zero-order valence-electron chi connectivity index (χ0n) is 27.1. The first-order chi connectivity index (χ1) is 20.0. The highest BCUT2D eigenvalue weighted by molar-refractivity contribution is 5.89. The minimum atomic E-state index is -0.695. The van der Waals surface area contributed by atoms with Crippen LogP contribution in [0.15, 0.2) is 24.3 Å². The van der Waals surface area contributed by atoms with Crippen molar-refractivity contribution in [3.63, 3.8) is 0 Å². The molecule has 0 radical (unpaired) electrons. The maximum absolute atomic E-state index is 12.3. The molecule has 0 heterocycles. The van der Waals surface area contributed by atoms with Gasteiger partial charge in [-0.2, -0.15) is 0 Å². The quantitative estimate of drug-likeness (QED) is 0.0435. The van der Waals surface area contributed by atoms with Crippen molar-refractivity contribution in [1.29, 1.82) is 0 Å². The Morgan fingerprint density at radius 2 is 1.12 bits per heavy atom. The second-order valence-corrected chi connectivity index (χ2v) is 12.0. The fourth-order valence-corrected chi connectivity index (χ4v) is 5.16. The lowest BCUT2D eigenvalue weighted by atomic mass is 10.0. The fraction of sp³-hybridized carbons (Fsp3) is 0.833. The average molecular weight is 578 g/mol. The molecule has 3 N–H and O–H groups in total. The molecule has 240 valence electrons. The van der Waals surface area contributed by atoms with Crippen LogP contribution in [-0.4, -0.2) is 40.7 Å². The Morgan fingerprint density at radius 3 is 1.68 bits per heavy atom. The standard InChI is InChI=1S/C36H67NO4/c1-3-5-7-9-11-12-13-14-15-16-18-22-26-30-35(40)34(32-38)37-36(41)31-27-23-19-21-25-29-33(39)28-24-20-17-10-8-6-4-2/h17,20,24,28,34-35,38,40H,3-16,18-19,21-23,25-27,29-32H2,1-2H3,(H,37,41)/b20-17-,28-24+/t34-,35+/m0/s1. The van der Waals surface area contributed by atoms with E-state index in [4.69, 9.17) is 0 Å². The van der Waals surface area contributed by atoms with Gasteiger partial charge >= 0.3 is 0 Å². The first-order valence-corrected chi connectivity index (χ1v) is 17.5. The number of carbonyl (C=O) groups excluding carboxylic acids is 2. The lowest BCUT2D eigenvalue weighted by Crippen LogP contribution is -2.45. The molecule has 0 aromatic carbocycles. The van der Waals surface area contributed by atoms with Crippen molar-refractivity contribution in [2.45, 2.75) is 187 Å². The smallest absolute Gasteiger partial charge is 0.220 e. The van der Waals surface area contributed by atoms with Gasteiger partial charge < -0.3 is 15.5 Å².